The van der Waals surface area contributed by atoms with Crippen LogP contribution >= 0.6 is 0 Å². The largest absolute Gasteiger partial charge is 0.469 e. The molecular weight excluding hydrogens is 439 g/mol. The van der Waals surface area contributed by atoms with Gasteiger partial charge in [0, 0.05) is 38.4 Å². The third-order valence-electron chi connectivity index (χ3n) is 7.12. The molecule has 0 aromatic heterocycles. The Morgan fingerprint density at radius 1 is 1.26 bits per heavy atom. The molecule has 1 saturated heterocycles. The molecule has 2 aliphatic rings. The molecule has 1 heterocycles. The van der Waals surface area contributed by atoms with Gasteiger partial charge in [-0.05, 0) is 62.0 Å². The fourth-order valence-corrected chi connectivity index (χ4v) is 5.36. The van der Waals surface area contributed by atoms with Crippen molar-refractivity contribution in [2.75, 3.05) is 53.6 Å². The number of hydrogen-bond donors (Lipinski definition) is 0. The van der Waals surface area contributed by atoms with Crippen LogP contribution in [0, 0.1) is 11.7 Å². The Bertz CT molecular complexity index is 842. The highest BCUT2D eigenvalue weighted by atomic mass is 19.1. The lowest BCUT2D eigenvalue weighted by molar-refractivity contribution is -0.140. The number of benzene rings is 1. The smallest absolute Gasteiger partial charge is 0.410 e. The third kappa shape index (κ3) is 6.48. The molecule has 1 aliphatic carbocycles. The van der Waals surface area contributed by atoms with Gasteiger partial charge in [0.25, 0.3) is 0 Å². The van der Waals surface area contributed by atoms with Crippen molar-refractivity contribution in [1.29, 1.82) is 0 Å². The fourth-order valence-electron chi connectivity index (χ4n) is 5.36. The van der Waals surface area contributed by atoms with Gasteiger partial charge in [-0.25, -0.2) is 9.18 Å². The van der Waals surface area contributed by atoms with Gasteiger partial charge < -0.3 is 24.0 Å². The van der Waals surface area contributed by atoms with Crippen molar-refractivity contribution in [3.63, 3.8) is 0 Å². The molecule has 0 N–H and O–H groups in total. The number of halogens is 1. The monoisotopic (exact) mass is 478 g/mol. The second-order valence-electron chi connectivity index (χ2n) is 9.83. The van der Waals surface area contributed by atoms with Gasteiger partial charge in [0.15, 0.2) is 0 Å². The number of ether oxygens (including phenoxy) is 3. The summed E-state index contributed by atoms with van der Waals surface area (Å²) in [4.78, 5) is 28.6. The molecule has 0 spiro atoms. The van der Waals surface area contributed by atoms with E-state index in [2.05, 4.69) is 18.7 Å². The first kappa shape index (κ1) is 26.4. The second kappa shape index (κ2) is 12.0. The number of carbonyl (C=O) groups excluding carboxylic acids is 2. The summed E-state index contributed by atoms with van der Waals surface area (Å²) in [5, 5.41) is 0. The zero-order valence-corrected chi connectivity index (χ0v) is 21.0. The first-order chi connectivity index (χ1) is 16.3. The van der Waals surface area contributed by atoms with E-state index in [1.165, 1.54) is 13.2 Å². The molecular formula is C26H39FN2O5. The van der Waals surface area contributed by atoms with Crippen molar-refractivity contribution < 1.29 is 28.2 Å². The SMILES string of the molecule is COC(=O)CCCN(C)CC[C@@]1(OC(=O)N2CCOCC2)CCc2cc(F)ccc2[C@@H]1C(C)C. The molecule has 1 amide bonds. The Hall–Kier alpha value is -2.19. The van der Waals surface area contributed by atoms with E-state index in [0.29, 0.717) is 58.4 Å². The van der Waals surface area contributed by atoms with Crippen LogP contribution in [0.5, 0.6) is 0 Å². The number of nitrogens with zero attached hydrogens (tertiary/aromatic N) is 2. The van der Waals surface area contributed by atoms with E-state index >= 15 is 0 Å². The lowest BCUT2D eigenvalue weighted by atomic mass is 9.65. The lowest BCUT2D eigenvalue weighted by Crippen LogP contribution is -2.52. The van der Waals surface area contributed by atoms with Gasteiger partial charge in [0.2, 0.25) is 0 Å². The topological polar surface area (TPSA) is 68.3 Å². The molecule has 2 atom stereocenters. The van der Waals surface area contributed by atoms with Crippen LogP contribution in [0.4, 0.5) is 9.18 Å². The molecule has 1 aliphatic heterocycles. The number of esters is 1. The number of hydrogen-bond acceptors (Lipinski definition) is 6. The van der Waals surface area contributed by atoms with Crippen LogP contribution < -0.4 is 0 Å². The van der Waals surface area contributed by atoms with E-state index < -0.39 is 5.60 Å². The summed E-state index contributed by atoms with van der Waals surface area (Å²) < 4.78 is 30.5. The highest BCUT2D eigenvalue weighted by Crippen LogP contribution is 2.48. The zero-order valence-electron chi connectivity index (χ0n) is 21.0. The van der Waals surface area contributed by atoms with E-state index in [1.807, 2.05) is 13.1 Å². The number of methoxy groups -OCH3 is 1. The average molecular weight is 479 g/mol. The molecule has 1 aromatic rings. The van der Waals surface area contributed by atoms with Crippen LogP contribution in [0.1, 0.15) is 56.6 Å². The number of morpholine rings is 1. The van der Waals surface area contributed by atoms with E-state index in [4.69, 9.17) is 14.2 Å². The zero-order chi connectivity index (χ0) is 24.7. The number of aryl methyl sites for hydroxylation is 1. The summed E-state index contributed by atoms with van der Waals surface area (Å²) in [5.41, 5.74) is 1.39. The Labute approximate surface area is 202 Å². The lowest BCUT2D eigenvalue weighted by Gasteiger charge is -2.47. The molecule has 190 valence electrons. The van der Waals surface area contributed by atoms with Crippen molar-refractivity contribution >= 4 is 12.1 Å². The third-order valence-corrected chi connectivity index (χ3v) is 7.12. The van der Waals surface area contributed by atoms with Crippen LogP contribution in [0.2, 0.25) is 0 Å². The standard InChI is InChI=1S/C26H39FN2O5/c1-19(2)24-22-8-7-21(27)18-20(22)9-10-26(24,34-25(31)29-14-16-33-17-15-29)11-13-28(3)12-5-6-23(30)32-4/h7-8,18-19,24H,5-6,9-17H2,1-4H3/t24-,26-/m0/s1. The highest BCUT2D eigenvalue weighted by Gasteiger charge is 2.48. The van der Waals surface area contributed by atoms with E-state index in [-0.39, 0.29) is 29.7 Å². The normalized spacial score (nSPS) is 22.6. The molecule has 7 nitrogen and oxygen atoms in total. The minimum atomic E-state index is -0.689. The molecule has 0 bridgehead atoms. The quantitative estimate of drug-likeness (QED) is 0.500. The minimum Gasteiger partial charge on any atom is -0.469 e. The molecule has 1 aromatic carbocycles. The summed E-state index contributed by atoms with van der Waals surface area (Å²) in [5.74, 6) is -0.276. The summed E-state index contributed by atoms with van der Waals surface area (Å²) in [6.07, 6.45) is 2.77. The molecule has 34 heavy (non-hydrogen) atoms. The van der Waals surface area contributed by atoms with Gasteiger partial charge in [-0.1, -0.05) is 19.9 Å². The predicted octanol–water partition coefficient (Wildman–Crippen LogP) is 3.99. The maximum atomic E-state index is 14.0. The fraction of sp³-hybridized carbons (Fsp3) is 0.692. The number of rotatable bonds is 9. The highest BCUT2D eigenvalue weighted by molar-refractivity contribution is 5.69. The van der Waals surface area contributed by atoms with Crippen LogP contribution in [0.3, 0.4) is 0 Å². The van der Waals surface area contributed by atoms with Crippen LogP contribution in [-0.2, 0) is 25.4 Å². The number of carbonyl (C=O) groups is 2. The maximum absolute atomic E-state index is 14.0. The minimum absolute atomic E-state index is 0.0368. The van der Waals surface area contributed by atoms with Crippen molar-refractivity contribution in [3.05, 3.63) is 35.1 Å². The Morgan fingerprint density at radius 3 is 2.68 bits per heavy atom. The molecule has 0 radical (unpaired) electrons. The van der Waals surface area contributed by atoms with Crippen LogP contribution in [0.25, 0.3) is 0 Å². The Kier molecular flexibility index (Phi) is 9.31. The van der Waals surface area contributed by atoms with Crippen molar-refractivity contribution in [2.24, 2.45) is 5.92 Å². The van der Waals surface area contributed by atoms with E-state index in [1.54, 1.807) is 11.0 Å². The number of fused-ring (bicyclic) bond motifs is 1. The second-order valence-corrected chi connectivity index (χ2v) is 9.83. The molecule has 0 unspecified atom stereocenters. The predicted molar refractivity (Wildman–Crippen MR) is 127 cm³/mol. The average Bonchev–Trinajstić information content (AvgIpc) is 2.83. The van der Waals surface area contributed by atoms with Gasteiger partial charge in [0.1, 0.15) is 11.4 Å². The van der Waals surface area contributed by atoms with Crippen molar-refractivity contribution in [1.82, 2.24) is 9.80 Å². The van der Waals surface area contributed by atoms with Crippen molar-refractivity contribution in [2.45, 2.75) is 57.5 Å². The van der Waals surface area contributed by atoms with Gasteiger partial charge in [-0.2, -0.15) is 0 Å². The Balaban J connectivity index is 1.81. The summed E-state index contributed by atoms with van der Waals surface area (Å²) in [6.45, 7) is 7.82. The number of amides is 1. The first-order valence-corrected chi connectivity index (χ1v) is 12.3. The van der Waals surface area contributed by atoms with Gasteiger partial charge in [-0.3, -0.25) is 4.79 Å². The molecule has 3 rings (SSSR count). The van der Waals surface area contributed by atoms with Gasteiger partial charge in [-0.15, -0.1) is 0 Å². The molecule has 0 saturated carbocycles. The van der Waals surface area contributed by atoms with E-state index in [0.717, 1.165) is 24.2 Å². The van der Waals surface area contributed by atoms with Crippen LogP contribution in [0.15, 0.2) is 18.2 Å². The summed E-state index contributed by atoms with van der Waals surface area (Å²) >= 11 is 0. The summed E-state index contributed by atoms with van der Waals surface area (Å²) in [7, 11) is 3.42. The van der Waals surface area contributed by atoms with E-state index in [9.17, 15) is 14.0 Å². The Morgan fingerprint density at radius 2 is 2.00 bits per heavy atom. The van der Waals surface area contributed by atoms with Gasteiger partial charge in [0.05, 0.1) is 20.3 Å². The maximum Gasteiger partial charge on any atom is 0.410 e. The van der Waals surface area contributed by atoms with Crippen LogP contribution in [-0.4, -0.2) is 81.0 Å². The van der Waals surface area contributed by atoms with Crippen molar-refractivity contribution in [3.8, 4) is 0 Å². The van der Waals surface area contributed by atoms with Gasteiger partial charge >= 0.3 is 12.1 Å². The molecule has 8 heteroatoms. The summed E-state index contributed by atoms with van der Waals surface area (Å²) in [6, 6.07) is 5.00. The first-order valence-electron chi connectivity index (χ1n) is 12.3. The molecule has 1 fully saturated rings.